The van der Waals surface area contributed by atoms with E-state index in [0.29, 0.717) is 24.9 Å². The van der Waals surface area contributed by atoms with Gasteiger partial charge in [-0.25, -0.2) is 0 Å². The molecule has 1 amide bonds. The zero-order valence-electron chi connectivity index (χ0n) is 17.0. The van der Waals surface area contributed by atoms with E-state index in [2.05, 4.69) is 52.8 Å². The predicted molar refractivity (Wildman–Crippen MR) is 118 cm³/mol. The predicted octanol–water partition coefficient (Wildman–Crippen LogP) is 3.52. The molecule has 0 spiro atoms. The van der Waals surface area contributed by atoms with Gasteiger partial charge in [-0.2, -0.15) is 0 Å². The first-order valence-corrected chi connectivity index (χ1v) is 11.7. The van der Waals surface area contributed by atoms with Gasteiger partial charge >= 0.3 is 0 Å². The van der Waals surface area contributed by atoms with E-state index in [4.69, 9.17) is 4.99 Å². The summed E-state index contributed by atoms with van der Waals surface area (Å²) in [6.07, 6.45) is 6.43. The minimum atomic E-state index is 0.144. The fraction of sp³-hybridized carbons (Fsp3) is 0.636. The highest BCUT2D eigenvalue weighted by Gasteiger charge is 2.25. The Morgan fingerprint density at radius 3 is 2.75 bits per heavy atom. The SMILES string of the molecule is CCNC(=NCCC(=O)NC1CCCC1)N1CCC(CSc2ccccc2)C1. The minimum Gasteiger partial charge on any atom is -0.357 e. The van der Waals surface area contributed by atoms with Crippen LogP contribution in [0.4, 0.5) is 0 Å². The molecule has 1 atom stereocenters. The Morgan fingerprint density at radius 1 is 1.21 bits per heavy atom. The fourth-order valence-electron chi connectivity index (χ4n) is 3.95. The molecular weight excluding hydrogens is 368 g/mol. The largest absolute Gasteiger partial charge is 0.357 e. The van der Waals surface area contributed by atoms with Gasteiger partial charge in [0.25, 0.3) is 0 Å². The minimum absolute atomic E-state index is 0.144. The molecule has 6 heteroatoms. The highest BCUT2D eigenvalue weighted by Crippen LogP contribution is 2.25. The summed E-state index contributed by atoms with van der Waals surface area (Å²) in [7, 11) is 0. The molecule has 0 radical (unpaired) electrons. The molecule has 154 valence electrons. The molecule has 1 aliphatic heterocycles. The van der Waals surface area contributed by atoms with Gasteiger partial charge in [0.1, 0.15) is 0 Å². The molecule has 1 saturated carbocycles. The molecule has 28 heavy (non-hydrogen) atoms. The summed E-state index contributed by atoms with van der Waals surface area (Å²) in [5, 5.41) is 6.55. The van der Waals surface area contributed by atoms with Crippen LogP contribution in [-0.4, -0.2) is 54.7 Å². The third-order valence-corrected chi connectivity index (χ3v) is 6.71. The number of amides is 1. The number of rotatable bonds is 8. The second-order valence-corrected chi connectivity index (χ2v) is 8.85. The number of guanidine groups is 1. The molecule has 1 heterocycles. The van der Waals surface area contributed by atoms with E-state index in [9.17, 15) is 4.79 Å². The second kappa shape index (κ2) is 11.3. The first kappa shape index (κ1) is 21.0. The molecule has 0 bridgehead atoms. The number of nitrogens with one attached hydrogen (secondary N) is 2. The van der Waals surface area contributed by atoms with Crippen molar-refractivity contribution in [2.24, 2.45) is 10.9 Å². The van der Waals surface area contributed by atoms with Crippen molar-refractivity contribution in [3.05, 3.63) is 30.3 Å². The van der Waals surface area contributed by atoms with Crippen molar-refractivity contribution in [3.63, 3.8) is 0 Å². The lowest BCUT2D eigenvalue weighted by Gasteiger charge is -2.21. The Kier molecular flexibility index (Phi) is 8.52. The number of thioether (sulfide) groups is 1. The van der Waals surface area contributed by atoms with Crippen molar-refractivity contribution in [2.45, 2.75) is 56.4 Å². The lowest BCUT2D eigenvalue weighted by atomic mass is 10.2. The summed E-state index contributed by atoms with van der Waals surface area (Å²) in [6, 6.07) is 11.0. The molecule has 0 aromatic heterocycles. The molecule has 1 aliphatic carbocycles. The van der Waals surface area contributed by atoms with Gasteiger partial charge in [-0.05, 0) is 44.2 Å². The van der Waals surface area contributed by atoms with Crippen molar-refractivity contribution in [3.8, 4) is 0 Å². The van der Waals surface area contributed by atoms with Crippen LogP contribution >= 0.6 is 11.8 Å². The van der Waals surface area contributed by atoms with Gasteiger partial charge in [0.05, 0.1) is 6.54 Å². The monoisotopic (exact) mass is 402 g/mol. The first-order chi connectivity index (χ1) is 13.7. The molecule has 1 aromatic carbocycles. The quantitative estimate of drug-likeness (QED) is 0.397. The molecule has 2 aliphatic rings. The molecular formula is C22H34N4OS. The van der Waals surface area contributed by atoms with Crippen molar-refractivity contribution < 1.29 is 4.79 Å². The van der Waals surface area contributed by atoms with E-state index in [1.54, 1.807) is 0 Å². The van der Waals surface area contributed by atoms with Gasteiger partial charge in [-0.3, -0.25) is 9.79 Å². The van der Waals surface area contributed by atoms with Crippen molar-refractivity contribution in [2.75, 3.05) is 31.9 Å². The number of nitrogens with zero attached hydrogens (tertiary/aromatic N) is 2. The van der Waals surface area contributed by atoms with E-state index >= 15 is 0 Å². The van der Waals surface area contributed by atoms with Crippen LogP contribution in [0.3, 0.4) is 0 Å². The van der Waals surface area contributed by atoms with Crippen LogP contribution in [0.15, 0.2) is 40.2 Å². The number of carbonyl (C=O) groups excluding carboxylic acids is 1. The molecule has 2 fully saturated rings. The average molecular weight is 403 g/mol. The summed E-state index contributed by atoms with van der Waals surface area (Å²) in [6.45, 7) is 5.59. The molecule has 1 saturated heterocycles. The van der Waals surface area contributed by atoms with Crippen LogP contribution < -0.4 is 10.6 Å². The molecule has 3 rings (SSSR count). The molecule has 1 unspecified atom stereocenters. The lowest BCUT2D eigenvalue weighted by Crippen LogP contribution is -2.40. The van der Waals surface area contributed by atoms with Crippen molar-refractivity contribution >= 4 is 23.6 Å². The molecule has 2 N–H and O–H groups in total. The number of aliphatic imine (C=N–C) groups is 1. The van der Waals surface area contributed by atoms with Gasteiger partial charge in [0.15, 0.2) is 5.96 Å². The lowest BCUT2D eigenvalue weighted by molar-refractivity contribution is -0.121. The van der Waals surface area contributed by atoms with Gasteiger partial charge in [-0.1, -0.05) is 31.0 Å². The smallest absolute Gasteiger partial charge is 0.222 e. The number of likely N-dealkylation sites (tertiary alicyclic amines) is 1. The van der Waals surface area contributed by atoms with Gasteiger partial charge in [0, 0.05) is 42.7 Å². The number of carbonyl (C=O) groups is 1. The number of hydrogen-bond acceptors (Lipinski definition) is 3. The van der Waals surface area contributed by atoms with Crippen LogP contribution in [0.5, 0.6) is 0 Å². The van der Waals surface area contributed by atoms with Crippen molar-refractivity contribution in [1.82, 2.24) is 15.5 Å². The zero-order chi connectivity index (χ0) is 19.6. The summed E-state index contributed by atoms with van der Waals surface area (Å²) >= 11 is 1.94. The Labute approximate surface area is 173 Å². The van der Waals surface area contributed by atoms with E-state index in [-0.39, 0.29) is 5.91 Å². The van der Waals surface area contributed by atoms with E-state index in [0.717, 1.165) is 44.2 Å². The van der Waals surface area contributed by atoms with E-state index in [1.165, 1.54) is 24.2 Å². The molecule has 1 aromatic rings. The van der Waals surface area contributed by atoms with Crippen molar-refractivity contribution in [1.29, 1.82) is 0 Å². The Hall–Kier alpha value is -1.69. The molecule has 5 nitrogen and oxygen atoms in total. The highest BCUT2D eigenvalue weighted by molar-refractivity contribution is 7.99. The highest BCUT2D eigenvalue weighted by atomic mass is 32.2. The maximum atomic E-state index is 12.1. The standard InChI is InChI=1S/C22H34N4OS/c1-2-23-22(24-14-12-21(27)25-19-8-6-7-9-19)26-15-13-18(16-26)17-28-20-10-4-3-5-11-20/h3-5,10-11,18-19H,2,6-9,12-17H2,1H3,(H,23,24)(H,25,27). The van der Waals surface area contributed by atoms with E-state index < -0.39 is 0 Å². The zero-order valence-corrected chi connectivity index (χ0v) is 17.8. The van der Waals surface area contributed by atoms with Crippen LogP contribution in [0.2, 0.25) is 0 Å². The summed E-state index contributed by atoms with van der Waals surface area (Å²) in [5.74, 6) is 2.93. The summed E-state index contributed by atoms with van der Waals surface area (Å²) in [4.78, 5) is 20.5. The Morgan fingerprint density at radius 2 is 2.00 bits per heavy atom. The first-order valence-electron chi connectivity index (χ1n) is 10.7. The van der Waals surface area contributed by atoms with Gasteiger partial charge in [-0.15, -0.1) is 11.8 Å². The maximum Gasteiger partial charge on any atom is 0.222 e. The maximum absolute atomic E-state index is 12.1. The fourth-order valence-corrected chi connectivity index (χ4v) is 5.00. The number of benzene rings is 1. The van der Waals surface area contributed by atoms with Gasteiger partial charge < -0.3 is 15.5 Å². The second-order valence-electron chi connectivity index (χ2n) is 7.76. The van der Waals surface area contributed by atoms with Crippen LogP contribution in [-0.2, 0) is 4.79 Å². The normalized spacial score (nSPS) is 20.5. The van der Waals surface area contributed by atoms with Gasteiger partial charge in [0.2, 0.25) is 5.91 Å². The average Bonchev–Trinajstić information content (AvgIpc) is 3.38. The summed E-state index contributed by atoms with van der Waals surface area (Å²) in [5.41, 5.74) is 0. The Balaban J connectivity index is 1.42. The van der Waals surface area contributed by atoms with Crippen LogP contribution in [0.25, 0.3) is 0 Å². The third-order valence-electron chi connectivity index (χ3n) is 5.47. The third kappa shape index (κ3) is 6.73. The van der Waals surface area contributed by atoms with E-state index in [1.807, 2.05) is 11.8 Å². The Bertz CT molecular complexity index is 631. The topological polar surface area (TPSA) is 56.7 Å². The summed E-state index contributed by atoms with van der Waals surface area (Å²) < 4.78 is 0. The number of hydrogen-bond donors (Lipinski definition) is 2. The van der Waals surface area contributed by atoms with Crippen LogP contribution in [0, 0.1) is 5.92 Å². The van der Waals surface area contributed by atoms with Crippen LogP contribution in [0.1, 0.15) is 45.4 Å².